The summed E-state index contributed by atoms with van der Waals surface area (Å²) in [6, 6.07) is 2.56. The molecule has 0 atom stereocenters. The summed E-state index contributed by atoms with van der Waals surface area (Å²) in [6.07, 6.45) is 4.42. The number of hydrogen-bond acceptors (Lipinski definition) is 3. The van der Waals surface area contributed by atoms with Crippen LogP contribution in [-0.4, -0.2) is 21.4 Å². The summed E-state index contributed by atoms with van der Waals surface area (Å²) in [5, 5.41) is 2.90. The first-order chi connectivity index (χ1) is 9.43. The van der Waals surface area contributed by atoms with Gasteiger partial charge < -0.3 is 11.1 Å². The molecule has 1 aliphatic carbocycles. The molecule has 0 unspecified atom stereocenters. The topological polar surface area (TPSA) is 68.0 Å². The van der Waals surface area contributed by atoms with Gasteiger partial charge in [-0.3, -0.25) is 4.79 Å². The van der Waals surface area contributed by atoms with Gasteiger partial charge in [-0.15, -0.1) is 0 Å². The molecular formula is C14H18FN3OS. The van der Waals surface area contributed by atoms with Crippen LogP contribution in [0.5, 0.6) is 0 Å². The molecule has 1 aromatic heterocycles. The molecule has 1 saturated carbocycles. The van der Waals surface area contributed by atoms with E-state index in [2.05, 4.69) is 17.2 Å². The van der Waals surface area contributed by atoms with Gasteiger partial charge >= 0.3 is 0 Å². The minimum absolute atomic E-state index is 0.167. The van der Waals surface area contributed by atoms with Crippen LogP contribution in [0.15, 0.2) is 18.3 Å². The number of carbonyl (C=O) groups excluding carboxylic acids is 1. The van der Waals surface area contributed by atoms with E-state index in [1.54, 1.807) is 0 Å². The molecule has 0 aromatic carbocycles. The van der Waals surface area contributed by atoms with E-state index in [0.29, 0.717) is 10.9 Å². The Morgan fingerprint density at radius 1 is 1.50 bits per heavy atom. The van der Waals surface area contributed by atoms with E-state index in [-0.39, 0.29) is 11.6 Å². The van der Waals surface area contributed by atoms with Gasteiger partial charge in [-0.25, -0.2) is 9.37 Å². The van der Waals surface area contributed by atoms with Crippen LogP contribution in [0.25, 0.3) is 0 Å². The van der Waals surface area contributed by atoms with Crippen LogP contribution < -0.4 is 11.1 Å². The molecule has 0 aliphatic heterocycles. The number of thiocarbonyl (C=S) groups is 1. The smallest absolute Gasteiger partial charge is 0.270 e. The van der Waals surface area contributed by atoms with Crippen molar-refractivity contribution in [3.8, 4) is 0 Å². The number of amides is 1. The van der Waals surface area contributed by atoms with Crippen molar-refractivity contribution in [3.63, 3.8) is 0 Å². The largest absolute Gasteiger partial charge is 0.391 e. The average Bonchev–Trinajstić information content (AvgIpc) is 2.42. The molecule has 1 aromatic rings. The second kappa shape index (κ2) is 5.83. The average molecular weight is 295 g/mol. The van der Waals surface area contributed by atoms with Gasteiger partial charge in [-0.05, 0) is 43.7 Å². The Labute approximate surface area is 123 Å². The van der Waals surface area contributed by atoms with E-state index >= 15 is 0 Å². The maximum absolute atomic E-state index is 12.8. The molecule has 0 bridgehead atoms. The predicted octanol–water partition coefficient (Wildman–Crippen LogP) is 2.19. The van der Waals surface area contributed by atoms with Crippen LogP contribution in [0.4, 0.5) is 4.39 Å². The normalized spacial score (nSPS) is 26.0. The number of halogens is 1. The lowest BCUT2D eigenvalue weighted by molar-refractivity contribution is 0.0895. The lowest BCUT2D eigenvalue weighted by Gasteiger charge is -2.39. The standard InChI is InChI=1S/C14H18FN3OS/c1-9-4-6-14(7-5-9,13(16)20)18-12(19)11-3-2-10(15)8-17-11/h2-3,8-9H,4-7H2,1H3,(H2,16,20)(H,18,19). The van der Waals surface area contributed by atoms with Gasteiger partial charge in [0.15, 0.2) is 0 Å². The van der Waals surface area contributed by atoms with Gasteiger partial charge in [-0.2, -0.15) is 0 Å². The predicted molar refractivity (Wildman–Crippen MR) is 78.8 cm³/mol. The number of carbonyl (C=O) groups is 1. The molecule has 0 saturated heterocycles. The van der Waals surface area contributed by atoms with Crippen LogP contribution in [0.1, 0.15) is 43.1 Å². The highest BCUT2D eigenvalue weighted by Crippen LogP contribution is 2.32. The summed E-state index contributed by atoms with van der Waals surface area (Å²) < 4.78 is 12.8. The highest BCUT2D eigenvalue weighted by atomic mass is 32.1. The third kappa shape index (κ3) is 3.12. The van der Waals surface area contributed by atoms with Gasteiger partial charge in [0, 0.05) is 0 Å². The minimum Gasteiger partial charge on any atom is -0.391 e. The van der Waals surface area contributed by atoms with Gasteiger partial charge in [0.1, 0.15) is 11.5 Å². The van der Waals surface area contributed by atoms with Crippen molar-refractivity contribution < 1.29 is 9.18 Å². The summed E-state index contributed by atoms with van der Waals surface area (Å²) in [5.41, 5.74) is 5.36. The van der Waals surface area contributed by atoms with E-state index < -0.39 is 11.4 Å². The second-order valence-electron chi connectivity index (χ2n) is 5.44. The summed E-state index contributed by atoms with van der Waals surface area (Å²) in [5.74, 6) is -0.234. The summed E-state index contributed by atoms with van der Waals surface area (Å²) in [6.45, 7) is 2.17. The Balaban J connectivity index is 2.14. The minimum atomic E-state index is -0.644. The van der Waals surface area contributed by atoms with Crippen LogP contribution in [-0.2, 0) is 0 Å². The SMILES string of the molecule is CC1CCC(NC(=O)c2ccc(F)cn2)(C(N)=S)CC1. The first kappa shape index (κ1) is 14.8. The fourth-order valence-corrected chi connectivity index (χ4v) is 2.73. The maximum atomic E-state index is 12.8. The molecule has 3 N–H and O–H groups in total. The third-order valence-corrected chi connectivity index (χ3v) is 4.30. The second-order valence-corrected chi connectivity index (χ2v) is 5.88. The number of pyridine rings is 1. The Kier molecular flexibility index (Phi) is 4.32. The zero-order valence-corrected chi connectivity index (χ0v) is 12.2. The first-order valence-corrected chi connectivity index (χ1v) is 7.08. The summed E-state index contributed by atoms with van der Waals surface area (Å²) >= 11 is 5.14. The van der Waals surface area contributed by atoms with Crippen molar-refractivity contribution in [1.29, 1.82) is 0 Å². The van der Waals surface area contributed by atoms with Crippen molar-refractivity contribution in [1.82, 2.24) is 10.3 Å². The van der Waals surface area contributed by atoms with Crippen LogP contribution >= 0.6 is 12.2 Å². The van der Waals surface area contributed by atoms with Gasteiger partial charge in [0.25, 0.3) is 5.91 Å². The van der Waals surface area contributed by atoms with Crippen molar-refractivity contribution >= 4 is 23.1 Å². The van der Waals surface area contributed by atoms with Crippen LogP contribution in [0.2, 0.25) is 0 Å². The lowest BCUT2D eigenvalue weighted by Crippen LogP contribution is -2.58. The molecule has 108 valence electrons. The first-order valence-electron chi connectivity index (χ1n) is 6.67. The summed E-state index contributed by atoms with van der Waals surface area (Å²) in [4.78, 5) is 16.3. The van der Waals surface area contributed by atoms with E-state index in [4.69, 9.17) is 18.0 Å². The van der Waals surface area contributed by atoms with E-state index in [0.717, 1.165) is 31.9 Å². The van der Waals surface area contributed by atoms with Gasteiger partial charge in [0.2, 0.25) is 0 Å². The molecule has 1 aliphatic rings. The summed E-state index contributed by atoms with van der Waals surface area (Å²) in [7, 11) is 0. The molecule has 4 nitrogen and oxygen atoms in total. The quantitative estimate of drug-likeness (QED) is 0.839. The molecule has 1 amide bonds. The number of rotatable bonds is 3. The Morgan fingerprint density at radius 2 is 2.15 bits per heavy atom. The number of nitrogens with two attached hydrogens (primary N) is 1. The van der Waals surface area contributed by atoms with Crippen molar-refractivity contribution in [3.05, 3.63) is 29.8 Å². The molecule has 1 heterocycles. The molecule has 6 heteroatoms. The maximum Gasteiger partial charge on any atom is 0.270 e. The number of hydrogen-bond donors (Lipinski definition) is 2. The molecule has 20 heavy (non-hydrogen) atoms. The molecule has 0 spiro atoms. The Bertz CT molecular complexity index is 510. The number of nitrogens with zero attached hydrogens (tertiary/aromatic N) is 1. The third-order valence-electron chi connectivity index (χ3n) is 3.91. The van der Waals surface area contributed by atoms with Gasteiger partial charge in [-0.1, -0.05) is 19.1 Å². The Morgan fingerprint density at radius 3 is 2.65 bits per heavy atom. The number of nitrogens with one attached hydrogen (secondary N) is 1. The molecule has 2 rings (SSSR count). The monoisotopic (exact) mass is 295 g/mol. The fraction of sp³-hybridized carbons (Fsp3) is 0.500. The highest BCUT2D eigenvalue weighted by Gasteiger charge is 2.38. The molecule has 0 radical (unpaired) electrons. The highest BCUT2D eigenvalue weighted by molar-refractivity contribution is 7.80. The van der Waals surface area contributed by atoms with Crippen molar-refractivity contribution in [2.45, 2.75) is 38.1 Å². The van der Waals surface area contributed by atoms with Crippen LogP contribution in [0, 0.1) is 11.7 Å². The molecular weight excluding hydrogens is 277 g/mol. The van der Waals surface area contributed by atoms with E-state index in [9.17, 15) is 9.18 Å². The van der Waals surface area contributed by atoms with Gasteiger partial charge in [0.05, 0.1) is 16.7 Å². The number of aromatic nitrogens is 1. The van der Waals surface area contributed by atoms with Crippen molar-refractivity contribution in [2.24, 2.45) is 11.7 Å². The van der Waals surface area contributed by atoms with E-state index in [1.807, 2.05) is 0 Å². The molecule has 1 fully saturated rings. The van der Waals surface area contributed by atoms with E-state index in [1.165, 1.54) is 12.1 Å². The lowest BCUT2D eigenvalue weighted by atomic mass is 9.77. The van der Waals surface area contributed by atoms with Crippen LogP contribution in [0.3, 0.4) is 0 Å². The zero-order chi connectivity index (χ0) is 14.8. The Hall–Kier alpha value is -1.56. The zero-order valence-electron chi connectivity index (χ0n) is 11.4. The fourth-order valence-electron chi connectivity index (χ4n) is 2.48. The van der Waals surface area contributed by atoms with Crippen molar-refractivity contribution in [2.75, 3.05) is 0 Å².